The molecule has 1 aliphatic rings. The van der Waals surface area contributed by atoms with Gasteiger partial charge in [0.25, 0.3) is 0 Å². The standard InChI is InChI=1S/C12H14BrNOS/c1-8-2-3-10(13)5-11(8)14-6-9(7-16)4-12(14)15/h2-3,5,9,16H,4,6-7H2,1H3. The number of rotatable bonds is 2. The van der Waals surface area contributed by atoms with E-state index in [9.17, 15) is 4.79 Å². The van der Waals surface area contributed by atoms with Crippen LogP contribution in [0.3, 0.4) is 0 Å². The average Bonchev–Trinajstić information content (AvgIpc) is 2.63. The summed E-state index contributed by atoms with van der Waals surface area (Å²) in [6.45, 7) is 2.82. The number of nitrogens with zero attached hydrogens (tertiary/aromatic N) is 1. The Morgan fingerprint density at radius 2 is 2.31 bits per heavy atom. The van der Waals surface area contributed by atoms with Gasteiger partial charge in [0.15, 0.2) is 0 Å². The van der Waals surface area contributed by atoms with Crippen molar-refractivity contribution in [2.45, 2.75) is 13.3 Å². The summed E-state index contributed by atoms with van der Waals surface area (Å²) >= 11 is 7.71. The third kappa shape index (κ3) is 2.28. The first-order valence-electron chi connectivity index (χ1n) is 5.29. The van der Waals surface area contributed by atoms with Gasteiger partial charge in [-0.05, 0) is 36.3 Å². The molecule has 1 saturated heterocycles. The van der Waals surface area contributed by atoms with Gasteiger partial charge in [-0.2, -0.15) is 12.6 Å². The quantitative estimate of drug-likeness (QED) is 0.832. The normalized spacial score (nSPS) is 20.6. The van der Waals surface area contributed by atoms with E-state index >= 15 is 0 Å². The molecule has 2 nitrogen and oxygen atoms in total. The largest absolute Gasteiger partial charge is 0.312 e. The Hall–Kier alpha value is -0.480. The minimum atomic E-state index is 0.209. The molecule has 0 radical (unpaired) electrons. The van der Waals surface area contributed by atoms with Crippen LogP contribution in [0.2, 0.25) is 0 Å². The highest BCUT2D eigenvalue weighted by molar-refractivity contribution is 9.10. The fourth-order valence-corrected chi connectivity index (χ4v) is 2.60. The number of carbonyl (C=O) groups excluding carboxylic acids is 1. The van der Waals surface area contributed by atoms with Crippen molar-refractivity contribution in [1.82, 2.24) is 0 Å². The van der Waals surface area contributed by atoms with Gasteiger partial charge in [-0.1, -0.05) is 22.0 Å². The highest BCUT2D eigenvalue weighted by Crippen LogP contribution is 2.30. The maximum absolute atomic E-state index is 11.9. The van der Waals surface area contributed by atoms with Crippen LogP contribution < -0.4 is 4.90 Å². The summed E-state index contributed by atoms with van der Waals surface area (Å²) in [5.74, 6) is 1.37. The summed E-state index contributed by atoms with van der Waals surface area (Å²) in [6, 6.07) is 6.03. The molecule has 0 saturated carbocycles. The Balaban J connectivity index is 2.30. The average molecular weight is 300 g/mol. The number of thiol groups is 1. The first kappa shape index (κ1) is 12.0. The van der Waals surface area contributed by atoms with Crippen molar-refractivity contribution in [2.75, 3.05) is 17.2 Å². The van der Waals surface area contributed by atoms with E-state index < -0.39 is 0 Å². The van der Waals surface area contributed by atoms with Crippen molar-refractivity contribution >= 4 is 40.2 Å². The molecule has 86 valence electrons. The van der Waals surface area contributed by atoms with Crippen molar-refractivity contribution in [2.24, 2.45) is 5.92 Å². The number of hydrogen-bond acceptors (Lipinski definition) is 2. The molecule has 0 bridgehead atoms. The van der Waals surface area contributed by atoms with Crippen LogP contribution in [0.25, 0.3) is 0 Å². The zero-order valence-corrected chi connectivity index (χ0v) is 11.6. The van der Waals surface area contributed by atoms with Gasteiger partial charge in [-0.15, -0.1) is 0 Å². The number of aryl methyl sites for hydroxylation is 1. The second kappa shape index (κ2) is 4.80. The molecule has 1 aliphatic heterocycles. The highest BCUT2D eigenvalue weighted by atomic mass is 79.9. The van der Waals surface area contributed by atoms with E-state index in [1.54, 1.807) is 0 Å². The Labute approximate surface area is 110 Å². The van der Waals surface area contributed by atoms with Crippen molar-refractivity contribution < 1.29 is 4.79 Å². The molecule has 1 heterocycles. The van der Waals surface area contributed by atoms with Gasteiger partial charge in [0, 0.05) is 23.1 Å². The van der Waals surface area contributed by atoms with E-state index in [0.29, 0.717) is 12.3 Å². The number of amides is 1. The molecule has 1 atom stereocenters. The highest BCUT2D eigenvalue weighted by Gasteiger charge is 2.30. The summed E-state index contributed by atoms with van der Waals surface area (Å²) < 4.78 is 1.01. The van der Waals surface area contributed by atoms with E-state index in [4.69, 9.17) is 0 Å². The van der Waals surface area contributed by atoms with Crippen LogP contribution in [0.1, 0.15) is 12.0 Å². The smallest absolute Gasteiger partial charge is 0.227 e. The molecule has 1 aromatic rings. The first-order chi connectivity index (χ1) is 7.61. The van der Waals surface area contributed by atoms with Crippen LogP contribution in [0.4, 0.5) is 5.69 Å². The lowest BCUT2D eigenvalue weighted by atomic mass is 10.1. The molecule has 16 heavy (non-hydrogen) atoms. The van der Waals surface area contributed by atoms with Gasteiger partial charge in [0.1, 0.15) is 0 Å². The SMILES string of the molecule is Cc1ccc(Br)cc1N1CC(CS)CC1=O. The topological polar surface area (TPSA) is 20.3 Å². The van der Waals surface area contributed by atoms with Gasteiger partial charge in [0.05, 0.1) is 0 Å². The molecule has 1 fully saturated rings. The Morgan fingerprint density at radius 1 is 1.56 bits per heavy atom. The zero-order chi connectivity index (χ0) is 11.7. The van der Waals surface area contributed by atoms with Crippen molar-refractivity contribution in [1.29, 1.82) is 0 Å². The number of anilines is 1. The van der Waals surface area contributed by atoms with Crippen LogP contribution in [-0.2, 0) is 4.79 Å². The lowest BCUT2D eigenvalue weighted by Crippen LogP contribution is -2.25. The lowest BCUT2D eigenvalue weighted by molar-refractivity contribution is -0.117. The van der Waals surface area contributed by atoms with Crippen molar-refractivity contribution in [3.05, 3.63) is 28.2 Å². The Bertz CT molecular complexity index is 421. The molecular formula is C12H14BrNOS. The molecule has 4 heteroatoms. The molecule has 2 rings (SSSR count). The van der Waals surface area contributed by atoms with Crippen LogP contribution in [0.5, 0.6) is 0 Å². The van der Waals surface area contributed by atoms with Crippen LogP contribution in [0, 0.1) is 12.8 Å². The van der Waals surface area contributed by atoms with Gasteiger partial charge in [-0.25, -0.2) is 0 Å². The molecule has 1 unspecified atom stereocenters. The predicted molar refractivity (Wildman–Crippen MR) is 73.2 cm³/mol. The van der Waals surface area contributed by atoms with Gasteiger partial charge in [-0.3, -0.25) is 4.79 Å². The summed E-state index contributed by atoms with van der Waals surface area (Å²) in [4.78, 5) is 13.8. The minimum Gasteiger partial charge on any atom is -0.312 e. The maximum atomic E-state index is 11.9. The van der Waals surface area contributed by atoms with Crippen LogP contribution in [-0.4, -0.2) is 18.2 Å². The Morgan fingerprint density at radius 3 is 2.94 bits per heavy atom. The molecule has 0 aromatic heterocycles. The zero-order valence-electron chi connectivity index (χ0n) is 9.11. The second-order valence-electron chi connectivity index (χ2n) is 4.19. The first-order valence-corrected chi connectivity index (χ1v) is 6.71. The predicted octanol–water partition coefficient (Wildman–Crippen LogP) is 3.04. The fraction of sp³-hybridized carbons (Fsp3) is 0.417. The lowest BCUT2D eigenvalue weighted by Gasteiger charge is -2.19. The minimum absolute atomic E-state index is 0.209. The van der Waals surface area contributed by atoms with E-state index in [2.05, 4.69) is 28.6 Å². The number of hydrogen-bond donors (Lipinski definition) is 1. The Kier molecular flexibility index (Phi) is 3.60. The third-order valence-electron chi connectivity index (χ3n) is 2.93. The summed E-state index contributed by atoms with van der Waals surface area (Å²) in [7, 11) is 0. The van der Waals surface area contributed by atoms with E-state index in [0.717, 1.165) is 28.0 Å². The van der Waals surface area contributed by atoms with Crippen molar-refractivity contribution in [3.8, 4) is 0 Å². The van der Waals surface area contributed by atoms with E-state index in [1.807, 2.05) is 30.0 Å². The maximum Gasteiger partial charge on any atom is 0.227 e. The second-order valence-corrected chi connectivity index (χ2v) is 5.47. The summed E-state index contributed by atoms with van der Waals surface area (Å²) in [5, 5.41) is 0. The summed E-state index contributed by atoms with van der Waals surface area (Å²) in [6.07, 6.45) is 0.620. The van der Waals surface area contributed by atoms with Gasteiger partial charge >= 0.3 is 0 Å². The van der Waals surface area contributed by atoms with Crippen LogP contribution >= 0.6 is 28.6 Å². The number of benzene rings is 1. The molecular weight excluding hydrogens is 286 g/mol. The van der Waals surface area contributed by atoms with Crippen molar-refractivity contribution in [3.63, 3.8) is 0 Å². The van der Waals surface area contributed by atoms with Gasteiger partial charge < -0.3 is 4.90 Å². The molecule has 0 N–H and O–H groups in total. The molecule has 1 amide bonds. The third-order valence-corrected chi connectivity index (χ3v) is 3.93. The summed E-state index contributed by atoms with van der Waals surface area (Å²) in [5.41, 5.74) is 2.15. The van der Waals surface area contributed by atoms with E-state index in [-0.39, 0.29) is 5.91 Å². The van der Waals surface area contributed by atoms with Crippen LogP contribution in [0.15, 0.2) is 22.7 Å². The van der Waals surface area contributed by atoms with E-state index in [1.165, 1.54) is 0 Å². The molecule has 0 spiro atoms. The number of carbonyl (C=O) groups is 1. The monoisotopic (exact) mass is 299 g/mol. The fourth-order valence-electron chi connectivity index (χ4n) is 2.01. The van der Waals surface area contributed by atoms with Gasteiger partial charge in [0.2, 0.25) is 5.91 Å². The molecule has 1 aromatic carbocycles. The number of halogens is 1. The molecule has 0 aliphatic carbocycles.